The van der Waals surface area contributed by atoms with E-state index in [1.165, 1.54) is 5.56 Å². The van der Waals surface area contributed by atoms with Crippen LogP contribution in [0.2, 0.25) is 0 Å². The van der Waals surface area contributed by atoms with Crippen molar-refractivity contribution >= 4 is 17.6 Å². The molecule has 1 aliphatic rings. The summed E-state index contributed by atoms with van der Waals surface area (Å²) in [6.07, 6.45) is 1.98. The SMILES string of the molecule is Cc1ccc(-c2ccc(N3CCN(C(=O)CN(Cc4ccco4)C(=O)CC(C)C)CC3)nn2)cc1. The molecule has 0 aliphatic carbocycles. The topological polar surface area (TPSA) is 82.8 Å². The van der Waals surface area contributed by atoms with Gasteiger partial charge in [0.25, 0.3) is 0 Å². The molecule has 3 heterocycles. The molecule has 2 aromatic heterocycles. The normalized spacial score (nSPS) is 13.8. The lowest BCUT2D eigenvalue weighted by Gasteiger charge is -2.36. The highest BCUT2D eigenvalue weighted by molar-refractivity contribution is 5.85. The Hall–Kier alpha value is -3.68. The van der Waals surface area contributed by atoms with Crippen LogP contribution in [0, 0.1) is 12.8 Å². The van der Waals surface area contributed by atoms with Gasteiger partial charge in [0.15, 0.2) is 5.82 Å². The zero-order valence-corrected chi connectivity index (χ0v) is 20.7. The van der Waals surface area contributed by atoms with Crippen LogP contribution in [-0.4, -0.2) is 64.5 Å². The van der Waals surface area contributed by atoms with Crippen molar-refractivity contribution in [3.8, 4) is 11.3 Å². The second-order valence-corrected chi connectivity index (χ2v) is 9.44. The standard InChI is InChI=1S/C27H33N5O3/c1-20(2)17-26(33)32(18-23-5-4-16-35-23)19-27(34)31-14-12-30(13-15-31)25-11-10-24(28-29-25)22-8-6-21(3)7-9-22/h4-11,16,20H,12-15,17-19H2,1-3H3. The van der Waals surface area contributed by atoms with Gasteiger partial charge < -0.3 is 19.1 Å². The lowest BCUT2D eigenvalue weighted by atomic mass is 10.1. The van der Waals surface area contributed by atoms with Gasteiger partial charge in [-0.1, -0.05) is 43.7 Å². The molecule has 4 rings (SSSR count). The van der Waals surface area contributed by atoms with Crippen LogP contribution in [0.3, 0.4) is 0 Å². The number of furan rings is 1. The zero-order valence-electron chi connectivity index (χ0n) is 20.7. The molecule has 0 N–H and O–H groups in total. The minimum atomic E-state index is -0.0471. The number of nitrogens with zero attached hydrogens (tertiary/aromatic N) is 5. The summed E-state index contributed by atoms with van der Waals surface area (Å²) < 4.78 is 5.41. The summed E-state index contributed by atoms with van der Waals surface area (Å²) in [5, 5.41) is 8.82. The van der Waals surface area contributed by atoms with Gasteiger partial charge in [-0.25, -0.2) is 0 Å². The lowest BCUT2D eigenvalue weighted by molar-refractivity contribution is -0.141. The molecule has 35 heavy (non-hydrogen) atoms. The van der Waals surface area contributed by atoms with Crippen LogP contribution in [0.1, 0.15) is 31.6 Å². The third-order valence-corrected chi connectivity index (χ3v) is 6.14. The fourth-order valence-electron chi connectivity index (χ4n) is 4.12. The van der Waals surface area contributed by atoms with Gasteiger partial charge in [0.1, 0.15) is 12.3 Å². The molecule has 1 fully saturated rings. The summed E-state index contributed by atoms with van der Waals surface area (Å²) in [4.78, 5) is 31.4. The molecule has 0 saturated carbocycles. The van der Waals surface area contributed by atoms with Gasteiger partial charge in [-0.15, -0.1) is 10.2 Å². The summed E-state index contributed by atoms with van der Waals surface area (Å²) in [5.41, 5.74) is 3.08. The van der Waals surface area contributed by atoms with Crippen molar-refractivity contribution in [1.29, 1.82) is 0 Å². The second-order valence-electron chi connectivity index (χ2n) is 9.44. The van der Waals surface area contributed by atoms with Crippen molar-refractivity contribution in [2.45, 2.75) is 33.7 Å². The largest absolute Gasteiger partial charge is 0.467 e. The van der Waals surface area contributed by atoms with E-state index >= 15 is 0 Å². The molecular weight excluding hydrogens is 442 g/mol. The molecule has 3 aromatic rings. The van der Waals surface area contributed by atoms with Gasteiger partial charge >= 0.3 is 0 Å². The van der Waals surface area contributed by atoms with Gasteiger partial charge in [-0.3, -0.25) is 9.59 Å². The molecular formula is C27H33N5O3. The first-order valence-electron chi connectivity index (χ1n) is 12.1. The molecule has 0 radical (unpaired) electrons. The summed E-state index contributed by atoms with van der Waals surface area (Å²) in [5.74, 6) is 1.62. The van der Waals surface area contributed by atoms with Crippen molar-refractivity contribution < 1.29 is 14.0 Å². The van der Waals surface area contributed by atoms with Crippen LogP contribution in [0.5, 0.6) is 0 Å². The number of hydrogen-bond donors (Lipinski definition) is 0. The van der Waals surface area contributed by atoms with Crippen LogP contribution in [0.4, 0.5) is 5.82 Å². The molecule has 0 bridgehead atoms. The number of aromatic nitrogens is 2. The maximum absolute atomic E-state index is 13.1. The molecule has 2 amide bonds. The highest BCUT2D eigenvalue weighted by Gasteiger charge is 2.26. The fraction of sp³-hybridized carbons (Fsp3) is 0.407. The van der Waals surface area contributed by atoms with Crippen molar-refractivity contribution in [2.75, 3.05) is 37.6 Å². The Morgan fingerprint density at radius 1 is 1.00 bits per heavy atom. The van der Waals surface area contributed by atoms with E-state index in [1.54, 1.807) is 17.2 Å². The average Bonchev–Trinajstić information content (AvgIpc) is 3.37. The Balaban J connectivity index is 1.33. The van der Waals surface area contributed by atoms with E-state index in [2.05, 4.69) is 34.2 Å². The van der Waals surface area contributed by atoms with E-state index in [-0.39, 0.29) is 24.3 Å². The first-order valence-corrected chi connectivity index (χ1v) is 12.1. The minimum absolute atomic E-state index is 0.0349. The highest BCUT2D eigenvalue weighted by Crippen LogP contribution is 2.20. The van der Waals surface area contributed by atoms with Crippen LogP contribution in [0.25, 0.3) is 11.3 Å². The number of carbonyl (C=O) groups excluding carboxylic acids is 2. The van der Waals surface area contributed by atoms with Gasteiger partial charge in [0.2, 0.25) is 11.8 Å². The number of carbonyl (C=O) groups is 2. The predicted molar refractivity (Wildman–Crippen MR) is 135 cm³/mol. The number of rotatable bonds is 8. The average molecular weight is 476 g/mol. The molecule has 8 nitrogen and oxygen atoms in total. The fourth-order valence-corrected chi connectivity index (χ4v) is 4.12. The Morgan fingerprint density at radius 3 is 2.34 bits per heavy atom. The number of piperazine rings is 1. The quantitative estimate of drug-likeness (QED) is 0.493. The van der Waals surface area contributed by atoms with Crippen LogP contribution in [-0.2, 0) is 16.1 Å². The molecule has 0 atom stereocenters. The van der Waals surface area contributed by atoms with Crippen molar-refractivity contribution in [3.05, 3.63) is 66.1 Å². The molecule has 1 saturated heterocycles. The number of aryl methyl sites for hydroxylation is 1. The minimum Gasteiger partial charge on any atom is -0.467 e. The third kappa shape index (κ3) is 6.47. The molecule has 184 valence electrons. The van der Waals surface area contributed by atoms with Crippen molar-refractivity contribution in [2.24, 2.45) is 5.92 Å². The summed E-state index contributed by atoms with van der Waals surface area (Å²) in [7, 11) is 0. The summed E-state index contributed by atoms with van der Waals surface area (Å²) in [6, 6.07) is 15.8. The molecule has 8 heteroatoms. The molecule has 0 unspecified atom stereocenters. The Bertz CT molecular complexity index is 1100. The van der Waals surface area contributed by atoms with Crippen LogP contribution >= 0.6 is 0 Å². The number of hydrogen-bond acceptors (Lipinski definition) is 6. The summed E-state index contributed by atoms with van der Waals surface area (Å²) in [6.45, 7) is 8.90. The maximum Gasteiger partial charge on any atom is 0.242 e. The van der Waals surface area contributed by atoms with Crippen LogP contribution in [0.15, 0.2) is 59.2 Å². The lowest BCUT2D eigenvalue weighted by Crippen LogP contribution is -2.52. The van der Waals surface area contributed by atoms with Gasteiger partial charge in [0, 0.05) is 38.2 Å². The first kappa shape index (κ1) is 24.4. The number of benzene rings is 1. The maximum atomic E-state index is 13.1. The third-order valence-electron chi connectivity index (χ3n) is 6.14. The summed E-state index contributed by atoms with van der Waals surface area (Å²) >= 11 is 0. The molecule has 0 spiro atoms. The predicted octanol–water partition coefficient (Wildman–Crippen LogP) is 3.77. The number of anilines is 1. The van der Waals surface area contributed by atoms with Crippen molar-refractivity contribution in [1.82, 2.24) is 20.0 Å². The van der Waals surface area contributed by atoms with E-state index in [0.29, 0.717) is 44.9 Å². The van der Waals surface area contributed by atoms with Crippen LogP contribution < -0.4 is 4.90 Å². The van der Waals surface area contributed by atoms with E-state index in [9.17, 15) is 9.59 Å². The van der Waals surface area contributed by atoms with E-state index in [1.807, 2.05) is 49.1 Å². The molecule has 1 aliphatic heterocycles. The van der Waals surface area contributed by atoms with E-state index in [0.717, 1.165) is 17.1 Å². The van der Waals surface area contributed by atoms with Crippen molar-refractivity contribution in [3.63, 3.8) is 0 Å². The Labute approximate surface area is 206 Å². The second kappa shape index (κ2) is 11.2. The monoisotopic (exact) mass is 475 g/mol. The van der Waals surface area contributed by atoms with E-state index in [4.69, 9.17) is 4.42 Å². The van der Waals surface area contributed by atoms with E-state index < -0.39 is 0 Å². The molecule has 1 aromatic carbocycles. The Kier molecular flexibility index (Phi) is 7.80. The number of amides is 2. The van der Waals surface area contributed by atoms with Gasteiger partial charge in [-0.05, 0) is 37.1 Å². The zero-order chi connectivity index (χ0) is 24.8. The first-order chi connectivity index (χ1) is 16.9. The van der Waals surface area contributed by atoms with Gasteiger partial charge in [-0.2, -0.15) is 0 Å². The van der Waals surface area contributed by atoms with Gasteiger partial charge in [0.05, 0.1) is 18.5 Å². The smallest absolute Gasteiger partial charge is 0.242 e. The highest BCUT2D eigenvalue weighted by atomic mass is 16.3. The Morgan fingerprint density at radius 2 is 1.74 bits per heavy atom.